The second-order valence-corrected chi connectivity index (χ2v) is 5.48. The number of benzene rings is 2. The minimum Gasteiger partial charge on any atom is -0.306 e. The second-order valence-electron chi connectivity index (χ2n) is 4.67. The lowest BCUT2D eigenvalue weighted by Gasteiger charge is -2.21. The fraction of sp³-hybridized carbons (Fsp3) is 0.250. The number of aryl methyl sites for hydroxylation is 1. The number of halogens is 3. The minimum absolute atomic E-state index is 0.154. The van der Waals surface area contributed by atoms with Crippen LogP contribution in [0.5, 0.6) is 0 Å². The third-order valence-corrected chi connectivity index (χ3v) is 3.96. The highest BCUT2D eigenvalue weighted by Crippen LogP contribution is 2.30. The summed E-state index contributed by atoms with van der Waals surface area (Å²) in [4.78, 5) is 0. The van der Waals surface area contributed by atoms with Crippen molar-refractivity contribution in [3.05, 3.63) is 69.0 Å². The van der Waals surface area contributed by atoms with Crippen LogP contribution in [0.2, 0.25) is 10.0 Å². The second kappa shape index (κ2) is 6.57. The fourth-order valence-corrected chi connectivity index (χ4v) is 2.54. The Morgan fingerprint density at radius 3 is 2.45 bits per heavy atom. The molecule has 106 valence electrons. The Morgan fingerprint density at radius 1 is 1.10 bits per heavy atom. The van der Waals surface area contributed by atoms with Gasteiger partial charge in [-0.3, -0.25) is 0 Å². The maximum atomic E-state index is 13.5. The van der Waals surface area contributed by atoms with Crippen molar-refractivity contribution in [1.29, 1.82) is 0 Å². The van der Waals surface area contributed by atoms with Crippen LogP contribution in [-0.2, 0) is 0 Å². The third-order valence-electron chi connectivity index (χ3n) is 3.19. The predicted molar refractivity (Wildman–Crippen MR) is 83.1 cm³/mol. The zero-order valence-electron chi connectivity index (χ0n) is 11.4. The van der Waals surface area contributed by atoms with Gasteiger partial charge in [-0.1, -0.05) is 42.3 Å². The van der Waals surface area contributed by atoms with Gasteiger partial charge in [0.1, 0.15) is 5.82 Å². The quantitative estimate of drug-likeness (QED) is 0.824. The van der Waals surface area contributed by atoms with E-state index in [1.807, 2.05) is 32.0 Å². The molecule has 4 heteroatoms. The van der Waals surface area contributed by atoms with Gasteiger partial charge in [0.25, 0.3) is 0 Å². The Morgan fingerprint density at radius 2 is 1.80 bits per heavy atom. The first kappa shape index (κ1) is 15.3. The fourth-order valence-electron chi connectivity index (χ4n) is 2.19. The molecule has 2 rings (SSSR count). The molecular formula is C16H16Cl2FN. The van der Waals surface area contributed by atoms with Crippen molar-refractivity contribution in [3.63, 3.8) is 0 Å². The molecule has 0 aliphatic carbocycles. The SMILES string of the molecule is CCNC(c1ccc(Cl)c(C)c1)c1cc(F)ccc1Cl. The van der Waals surface area contributed by atoms with Crippen molar-refractivity contribution >= 4 is 23.2 Å². The summed E-state index contributed by atoms with van der Waals surface area (Å²) >= 11 is 12.3. The third kappa shape index (κ3) is 3.32. The highest BCUT2D eigenvalue weighted by atomic mass is 35.5. The molecule has 0 heterocycles. The largest absolute Gasteiger partial charge is 0.306 e. The van der Waals surface area contributed by atoms with Crippen LogP contribution in [-0.4, -0.2) is 6.54 Å². The molecule has 20 heavy (non-hydrogen) atoms. The lowest BCUT2D eigenvalue weighted by Crippen LogP contribution is -2.22. The van der Waals surface area contributed by atoms with Gasteiger partial charge in [-0.15, -0.1) is 0 Å². The lowest BCUT2D eigenvalue weighted by molar-refractivity contribution is 0.603. The molecular weight excluding hydrogens is 296 g/mol. The zero-order chi connectivity index (χ0) is 14.7. The molecule has 1 unspecified atom stereocenters. The summed E-state index contributed by atoms with van der Waals surface area (Å²) in [5.41, 5.74) is 2.73. The van der Waals surface area contributed by atoms with Gasteiger partial charge >= 0.3 is 0 Å². The molecule has 0 aliphatic heterocycles. The van der Waals surface area contributed by atoms with Gasteiger partial charge < -0.3 is 5.32 Å². The predicted octanol–water partition coefficient (Wildman–Crippen LogP) is 5.14. The first-order valence-corrected chi connectivity index (χ1v) is 7.23. The van der Waals surface area contributed by atoms with E-state index in [0.29, 0.717) is 10.0 Å². The Bertz CT molecular complexity index is 613. The Hall–Kier alpha value is -1.09. The van der Waals surface area contributed by atoms with Gasteiger partial charge in [0.05, 0.1) is 6.04 Å². The van der Waals surface area contributed by atoms with Gasteiger partial charge in [0.2, 0.25) is 0 Å². The zero-order valence-corrected chi connectivity index (χ0v) is 12.9. The van der Waals surface area contributed by atoms with E-state index in [1.165, 1.54) is 12.1 Å². The molecule has 1 nitrogen and oxygen atoms in total. The first-order chi connectivity index (χ1) is 9.52. The number of hydrogen-bond acceptors (Lipinski definition) is 1. The highest BCUT2D eigenvalue weighted by Gasteiger charge is 2.17. The Labute approximate surface area is 128 Å². The first-order valence-electron chi connectivity index (χ1n) is 6.47. The van der Waals surface area contributed by atoms with Gasteiger partial charge in [0, 0.05) is 10.0 Å². The van der Waals surface area contributed by atoms with Gasteiger partial charge in [-0.25, -0.2) is 4.39 Å². The molecule has 1 N–H and O–H groups in total. The number of rotatable bonds is 4. The summed E-state index contributed by atoms with van der Waals surface area (Å²) < 4.78 is 13.5. The molecule has 0 bridgehead atoms. The molecule has 0 saturated carbocycles. The van der Waals surface area contributed by atoms with Crippen molar-refractivity contribution in [2.45, 2.75) is 19.9 Å². The standard InChI is InChI=1S/C16H16Cl2FN/c1-3-20-16(11-4-6-14(17)10(2)8-11)13-9-12(19)5-7-15(13)18/h4-9,16,20H,3H2,1-2H3. The van der Waals surface area contributed by atoms with Crippen LogP contribution >= 0.6 is 23.2 Å². The molecule has 0 radical (unpaired) electrons. The van der Waals surface area contributed by atoms with Crippen molar-refractivity contribution in [2.75, 3.05) is 6.54 Å². The molecule has 2 aromatic rings. The average Bonchev–Trinajstić information content (AvgIpc) is 2.42. The van der Waals surface area contributed by atoms with Crippen LogP contribution in [0.25, 0.3) is 0 Å². The van der Waals surface area contributed by atoms with E-state index < -0.39 is 0 Å². The lowest BCUT2D eigenvalue weighted by atomic mass is 9.97. The van der Waals surface area contributed by atoms with E-state index in [2.05, 4.69) is 5.32 Å². The molecule has 0 saturated heterocycles. The minimum atomic E-state index is -0.294. The van der Waals surface area contributed by atoms with Gasteiger partial charge in [-0.05, 0) is 54.4 Å². The van der Waals surface area contributed by atoms with E-state index in [4.69, 9.17) is 23.2 Å². The molecule has 0 fully saturated rings. The van der Waals surface area contributed by atoms with Crippen LogP contribution in [0.1, 0.15) is 29.7 Å². The van der Waals surface area contributed by atoms with Crippen LogP contribution in [0.3, 0.4) is 0 Å². The monoisotopic (exact) mass is 311 g/mol. The summed E-state index contributed by atoms with van der Waals surface area (Å²) in [6.45, 7) is 4.70. The van der Waals surface area contributed by atoms with Crippen LogP contribution in [0.4, 0.5) is 4.39 Å². The van der Waals surface area contributed by atoms with Crippen LogP contribution in [0, 0.1) is 12.7 Å². The van der Waals surface area contributed by atoms with E-state index in [9.17, 15) is 4.39 Å². The molecule has 1 atom stereocenters. The van der Waals surface area contributed by atoms with E-state index in [0.717, 1.165) is 23.2 Å². The van der Waals surface area contributed by atoms with Crippen molar-refractivity contribution in [1.82, 2.24) is 5.32 Å². The average molecular weight is 312 g/mol. The molecule has 0 aromatic heterocycles. The Kier molecular flexibility index (Phi) is 5.03. The normalized spacial score (nSPS) is 12.4. The summed E-state index contributed by atoms with van der Waals surface area (Å²) in [5.74, 6) is -0.294. The van der Waals surface area contributed by atoms with Crippen molar-refractivity contribution in [2.24, 2.45) is 0 Å². The van der Waals surface area contributed by atoms with Gasteiger partial charge in [-0.2, -0.15) is 0 Å². The molecule has 2 aromatic carbocycles. The van der Waals surface area contributed by atoms with Crippen molar-refractivity contribution < 1.29 is 4.39 Å². The summed E-state index contributed by atoms with van der Waals surface area (Å²) in [5, 5.41) is 4.60. The Balaban J connectivity index is 2.49. The summed E-state index contributed by atoms with van der Waals surface area (Å²) in [7, 11) is 0. The molecule has 0 spiro atoms. The summed E-state index contributed by atoms with van der Waals surface area (Å²) in [6, 6.07) is 10.0. The van der Waals surface area contributed by atoms with Crippen molar-refractivity contribution in [3.8, 4) is 0 Å². The summed E-state index contributed by atoms with van der Waals surface area (Å²) in [6.07, 6.45) is 0. The molecule has 0 amide bonds. The topological polar surface area (TPSA) is 12.0 Å². The van der Waals surface area contributed by atoms with Crippen LogP contribution in [0.15, 0.2) is 36.4 Å². The van der Waals surface area contributed by atoms with Gasteiger partial charge in [0.15, 0.2) is 0 Å². The van der Waals surface area contributed by atoms with E-state index >= 15 is 0 Å². The van der Waals surface area contributed by atoms with E-state index in [-0.39, 0.29) is 11.9 Å². The van der Waals surface area contributed by atoms with E-state index in [1.54, 1.807) is 6.07 Å². The molecule has 0 aliphatic rings. The van der Waals surface area contributed by atoms with Crippen LogP contribution < -0.4 is 5.32 Å². The smallest absolute Gasteiger partial charge is 0.123 e. The number of nitrogens with one attached hydrogen (secondary N) is 1. The maximum absolute atomic E-state index is 13.5. The maximum Gasteiger partial charge on any atom is 0.123 e. The number of hydrogen-bond donors (Lipinski definition) is 1. The highest BCUT2D eigenvalue weighted by molar-refractivity contribution is 6.31.